The summed E-state index contributed by atoms with van der Waals surface area (Å²) in [5.74, 6) is 0. The Bertz CT molecular complexity index is 645. The van der Waals surface area contributed by atoms with E-state index in [0.717, 1.165) is 17.5 Å². The third kappa shape index (κ3) is 1.34. The molecule has 0 bridgehead atoms. The number of nitrogens with zero attached hydrogens (tertiary/aromatic N) is 2. The molecule has 0 aliphatic carbocycles. The largest absolute Gasteiger partial charge is 0.314 e. The van der Waals surface area contributed by atoms with Gasteiger partial charge in [0, 0.05) is 13.1 Å². The van der Waals surface area contributed by atoms with Gasteiger partial charge in [-0.15, -0.1) is 0 Å². The minimum atomic E-state index is -3.44. The number of aryl methyl sites for hydroxylation is 1. The number of hydrogen-bond acceptors (Lipinski definition) is 3. The zero-order valence-electron chi connectivity index (χ0n) is 8.55. The number of benzene rings is 1. The van der Waals surface area contributed by atoms with Crippen molar-refractivity contribution in [1.82, 2.24) is 14.3 Å². The van der Waals surface area contributed by atoms with Crippen LogP contribution in [0.5, 0.6) is 0 Å². The third-order valence-corrected chi connectivity index (χ3v) is 4.09. The number of para-hydroxylation sites is 2. The summed E-state index contributed by atoms with van der Waals surface area (Å²) < 4.78 is 28.0. The topological polar surface area (TPSA) is 64.0 Å². The second-order valence-corrected chi connectivity index (χ2v) is 5.45. The molecule has 1 aliphatic rings. The molecule has 2 heterocycles. The van der Waals surface area contributed by atoms with Gasteiger partial charge in [-0.2, -0.15) is 0 Å². The van der Waals surface area contributed by atoms with E-state index in [9.17, 15) is 8.42 Å². The Balaban J connectivity index is 2.39. The first-order chi connectivity index (χ1) is 7.68. The van der Waals surface area contributed by atoms with Gasteiger partial charge in [-0.05, 0) is 18.6 Å². The maximum atomic E-state index is 11.9. The Labute approximate surface area is 93.2 Å². The van der Waals surface area contributed by atoms with Crippen molar-refractivity contribution >= 4 is 21.1 Å². The minimum absolute atomic E-state index is 0.131. The van der Waals surface area contributed by atoms with Crippen LogP contribution in [0, 0.1) is 0 Å². The molecule has 1 aliphatic heterocycles. The van der Waals surface area contributed by atoms with Gasteiger partial charge in [0.1, 0.15) is 0 Å². The highest BCUT2D eigenvalue weighted by Gasteiger charge is 2.25. The number of rotatable bonds is 0. The first-order valence-corrected chi connectivity index (χ1v) is 6.62. The first kappa shape index (κ1) is 9.80. The lowest BCUT2D eigenvalue weighted by molar-refractivity contribution is 0.572. The summed E-state index contributed by atoms with van der Waals surface area (Å²) in [7, 11) is -3.44. The molecule has 0 amide bonds. The van der Waals surface area contributed by atoms with Gasteiger partial charge in [0.2, 0.25) is 5.16 Å². The molecule has 16 heavy (non-hydrogen) atoms. The van der Waals surface area contributed by atoms with E-state index in [1.165, 1.54) is 0 Å². The Morgan fingerprint density at radius 1 is 1.31 bits per heavy atom. The van der Waals surface area contributed by atoms with Gasteiger partial charge >= 0.3 is 0 Å². The summed E-state index contributed by atoms with van der Waals surface area (Å²) in [4.78, 5) is 4.18. The summed E-state index contributed by atoms with van der Waals surface area (Å²) in [6, 6.07) is 7.47. The number of sulfonamides is 1. The fraction of sp³-hybridized carbons (Fsp3) is 0.300. The van der Waals surface area contributed by atoms with Crippen molar-refractivity contribution in [3.05, 3.63) is 24.3 Å². The molecule has 3 rings (SSSR count). The Morgan fingerprint density at radius 3 is 3.00 bits per heavy atom. The van der Waals surface area contributed by atoms with Crippen molar-refractivity contribution in [2.75, 3.05) is 6.54 Å². The van der Waals surface area contributed by atoms with Crippen LogP contribution < -0.4 is 4.72 Å². The number of imidazole rings is 1. The molecule has 0 unspecified atom stereocenters. The molecule has 1 N–H and O–H groups in total. The van der Waals surface area contributed by atoms with Gasteiger partial charge in [-0.25, -0.2) is 18.1 Å². The van der Waals surface area contributed by atoms with E-state index in [1.807, 2.05) is 24.3 Å². The average molecular weight is 237 g/mol. The summed E-state index contributed by atoms with van der Waals surface area (Å²) >= 11 is 0. The SMILES string of the molecule is O=S1(=O)NCCCn2c1nc1ccccc12. The van der Waals surface area contributed by atoms with Gasteiger partial charge in [-0.1, -0.05) is 12.1 Å². The highest BCUT2D eigenvalue weighted by molar-refractivity contribution is 7.89. The van der Waals surface area contributed by atoms with Crippen LogP contribution >= 0.6 is 0 Å². The third-order valence-electron chi connectivity index (χ3n) is 2.71. The number of nitrogens with one attached hydrogen (secondary N) is 1. The van der Waals surface area contributed by atoms with Crippen LogP contribution in [0.25, 0.3) is 11.0 Å². The van der Waals surface area contributed by atoms with Crippen molar-refractivity contribution in [3.8, 4) is 0 Å². The molecule has 1 aromatic carbocycles. The number of hydrogen-bond donors (Lipinski definition) is 1. The van der Waals surface area contributed by atoms with E-state index in [0.29, 0.717) is 13.1 Å². The van der Waals surface area contributed by atoms with Crippen molar-refractivity contribution < 1.29 is 8.42 Å². The van der Waals surface area contributed by atoms with E-state index < -0.39 is 10.0 Å². The molecule has 84 valence electrons. The Hall–Kier alpha value is -1.40. The molecule has 0 atom stereocenters. The maximum Gasteiger partial charge on any atom is 0.274 e. The molecule has 0 saturated carbocycles. The van der Waals surface area contributed by atoms with Crippen LogP contribution in [0.1, 0.15) is 6.42 Å². The first-order valence-electron chi connectivity index (χ1n) is 5.13. The molecule has 5 nitrogen and oxygen atoms in total. The zero-order valence-corrected chi connectivity index (χ0v) is 9.37. The predicted molar refractivity (Wildman–Crippen MR) is 59.5 cm³/mol. The van der Waals surface area contributed by atoms with Crippen LogP contribution in [0.2, 0.25) is 0 Å². The molecule has 0 spiro atoms. The van der Waals surface area contributed by atoms with Crippen molar-refractivity contribution in [2.45, 2.75) is 18.1 Å². The second kappa shape index (κ2) is 3.29. The average Bonchev–Trinajstić information content (AvgIpc) is 2.57. The van der Waals surface area contributed by atoms with E-state index in [1.54, 1.807) is 4.57 Å². The van der Waals surface area contributed by atoms with Gasteiger partial charge in [0.15, 0.2) is 0 Å². The Kier molecular flexibility index (Phi) is 2.02. The second-order valence-electron chi connectivity index (χ2n) is 3.79. The molecule has 0 fully saturated rings. The fourth-order valence-electron chi connectivity index (χ4n) is 1.98. The lowest BCUT2D eigenvalue weighted by Gasteiger charge is -2.02. The van der Waals surface area contributed by atoms with E-state index in [-0.39, 0.29) is 5.16 Å². The van der Waals surface area contributed by atoms with E-state index in [4.69, 9.17) is 0 Å². The number of fused-ring (bicyclic) bond motifs is 3. The molecule has 2 aromatic rings. The van der Waals surface area contributed by atoms with Gasteiger partial charge in [0.05, 0.1) is 11.0 Å². The van der Waals surface area contributed by atoms with Crippen LogP contribution in [0.15, 0.2) is 29.4 Å². The van der Waals surface area contributed by atoms with E-state index in [2.05, 4.69) is 9.71 Å². The molecule has 0 radical (unpaired) electrons. The molecule has 0 saturated heterocycles. The van der Waals surface area contributed by atoms with Crippen LogP contribution in [0.3, 0.4) is 0 Å². The summed E-state index contributed by atoms with van der Waals surface area (Å²) in [5.41, 5.74) is 1.61. The minimum Gasteiger partial charge on any atom is -0.314 e. The van der Waals surface area contributed by atoms with Crippen molar-refractivity contribution in [3.63, 3.8) is 0 Å². The number of aromatic nitrogens is 2. The molecular weight excluding hydrogens is 226 g/mol. The van der Waals surface area contributed by atoms with E-state index >= 15 is 0 Å². The molecule has 1 aromatic heterocycles. The summed E-state index contributed by atoms with van der Waals surface area (Å²) in [6.45, 7) is 1.15. The van der Waals surface area contributed by atoms with Gasteiger partial charge in [-0.3, -0.25) is 0 Å². The fourth-order valence-corrected chi connectivity index (χ4v) is 3.22. The summed E-state index contributed by atoms with van der Waals surface area (Å²) in [6.07, 6.45) is 0.784. The summed E-state index contributed by atoms with van der Waals surface area (Å²) in [5, 5.41) is 0.131. The smallest absolute Gasteiger partial charge is 0.274 e. The van der Waals surface area contributed by atoms with Gasteiger partial charge in [0.25, 0.3) is 10.0 Å². The van der Waals surface area contributed by atoms with Crippen LogP contribution in [-0.2, 0) is 16.6 Å². The lowest BCUT2D eigenvalue weighted by atomic mass is 10.3. The van der Waals surface area contributed by atoms with Crippen LogP contribution in [0.4, 0.5) is 0 Å². The van der Waals surface area contributed by atoms with Crippen LogP contribution in [-0.4, -0.2) is 24.5 Å². The lowest BCUT2D eigenvalue weighted by Crippen LogP contribution is -2.24. The molecular formula is C10H11N3O2S. The predicted octanol–water partition coefficient (Wildman–Crippen LogP) is 0.718. The Morgan fingerprint density at radius 2 is 2.12 bits per heavy atom. The standard InChI is InChI=1S/C10H11N3O2S/c14-16(15)10-12-8-4-1-2-5-9(8)13(10)7-3-6-11-16/h1-2,4-5,11H,3,6-7H2. The van der Waals surface area contributed by atoms with Crippen molar-refractivity contribution in [1.29, 1.82) is 0 Å². The zero-order chi connectivity index (χ0) is 11.2. The quantitative estimate of drug-likeness (QED) is 0.734. The van der Waals surface area contributed by atoms with Gasteiger partial charge < -0.3 is 4.57 Å². The van der Waals surface area contributed by atoms with Crippen molar-refractivity contribution in [2.24, 2.45) is 0 Å². The highest BCUT2D eigenvalue weighted by Crippen LogP contribution is 2.21. The normalized spacial score (nSPS) is 19.2. The monoisotopic (exact) mass is 237 g/mol. The maximum absolute atomic E-state index is 11.9. The highest BCUT2D eigenvalue weighted by atomic mass is 32.2. The molecule has 6 heteroatoms.